The number of anilines is 2. The molecule has 11 nitrogen and oxygen atoms in total. The lowest BCUT2D eigenvalue weighted by Crippen LogP contribution is -2.53. The van der Waals surface area contributed by atoms with Crippen LogP contribution in [0.2, 0.25) is 0 Å². The molecular weight excluding hydrogens is 448 g/mol. The summed E-state index contributed by atoms with van der Waals surface area (Å²) >= 11 is 0. The molecule has 1 aromatic carbocycles. The molecule has 1 atom stereocenters. The van der Waals surface area contributed by atoms with Crippen molar-refractivity contribution in [3.8, 4) is 22.8 Å². The molecule has 180 valence electrons. The first-order chi connectivity index (χ1) is 17.0. The van der Waals surface area contributed by atoms with Gasteiger partial charge in [-0.05, 0) is 37.3 Å². The van der Waals surface area contributed by atoms with E-state index in [2.05, 4.69) is 49.0 Å². The van der Waals surface area contributed by atoms with Gasteiger partial charge in [-0.3, -0.25) is 9.36 Å². The zero-order chi connectivity index (χ0) is 24.4. The average Bonchev–Trinajstić information content (AvgIpc) is 3.35. The van der Waals surface area contributed by atoms with Crippen LogP contribution in [0.25, 0.3) is 22.8 Å². The van der Waals surface area contributed by atoms with Crippen LogP contribution in [0, 0.1) is 0 Å². The van der Waals surface area contributed by atoms with Crippen molar-refractivity contribution in [3.63, 3.8) is 0 Å². The topological polar surface area (TPSA) is 115 Å². The highest BCUT2D eigenvalue weighted by Gasteiger charge is 2.27. The summed E-state index contributed by atoms with van der Waals surface area (Å²) in [7, 11) is 3.34. The second-order valence-electron chi connectivity index (χ2n) is 8.41. The number of aromatic nitrogens is 6. The lowest BCUT2D eigenvalue weighted by molar-refractivity contribution is 0.151. The molecule has 0 bridgehead atoms. The fraction of sp³-hybridized carbons (Fsp3) is 0.333. The van der Waals surface area contributed by atoms with Gasteiger partial charge in [0.1, 0.15) is 12.9 Å². The number of hydrogen-bond donors (Lipinski definition) is 0. The minimum atomic E-state index is -0.121. The van der Waals surface area contributed by atoms with Gasteiger partial charge < -0.3 is 19.1 Å². The molecular formula is C24H26N8O3. The van der Waals surface area contributed by atoms with Crippen LogP contribution in [-0.2, 0) is 18.4 Å². The fourth-order valence-electron chi connectivity index (χ4n) is 4.22. The Morgan fingerprint density at radius 2 is 1.94 bits per heavy atom. The maximum Gasteiger partial charge on any atom is 0.255 e. The van der Waals surface area contributed by atoms with Gasteiger partial charge in [0.05, 0.1) is 11.4 Å². The number of benzene rings is 1. The standard InChI is InChI=1S/C24H26N8O3/c1-16-13-31(18-6-4-17(5-7-18)23-28-21(14-34-3)35-29-23)10-11-32(16)24-27-20(12-22(33)30(24)2)19-8-9-25-15-26-19/h4-9,12,15-16H,10-11,13-14H2,1-3H3. The van der Waals surface area contributed by atoms with E-state index in [9.17, 15) is 4.79 Å². The summed E-state index contributed by atoms with van der Waals surface area (Å²) in [6, 6.07) is 11.5. The molecule has 4 heterocycles. The van der Waals surface area contributed by atoms with Gasteiger partial charge in [0, 0.05) is 63.3 Å². The molecule has 0 amide bonds. The Bertz CT molecular complexity index is 1350. The zero-order valence-electron chi connectivity index (χ0n) is 19.8. The van der Waals surface area contributed by atoms with Crippen molar-refractivity contribution in [1.29, 1.82) is 0 Å². The molecule has 35 heavy (non-hydrogen) atoms. The van der Waals surface area contributed by atoms with Gasteiger partial charge in [0.15, 0.2) is 0 Å². The molecule has 11 heteroatoms. The van der Waals surface area contributed by atoms with Crippen LogP contribution >= 0.6 is 0 Å². The highest BCUT2D eigenvalue weighted by Crippen LogP contribution is 2.26. The van der Waals surface area contributed by atoms with Crippen LogP contribution in [0.3, 0.4) is 0 Å². The summed E-state index contributed by atoms with van der Waals surface area (Å²) in [4.78, 5) is 34.5. The summed E-state index contributed by atoms with van der Waals surface area (Å²) in [6.45, 7) is 4.72. The third-order valence-electron chi connectivity index (χ3n) is 6.07. The van der Waals surface area contributed by atoms with Gasteiger partial charge in [0.25, 0.3) is 11.4 Å². The van der Waals surface area contributed by atoms with E-state index in [4.69, 9.17) is 14.2 Å². The van der Waals surface area contributed by atoms with Crippen molar-refractivity contribution in [1.82, 2.24) is 29.7 Å². The van der Waals surface area contributed by atoms with E-state index >= 15 is 0 Å². The minimum Gasteiger partial charge on any atom is -0.375 e. The molecule has 0 radical (unpaired) electrons. The van der Waals surface area contributed by atoms with Gasteiger partial charge in [-0.15, -0.1) is 0 Å². The molecule has 0 saturated carbocycles. The number of nitrogens with zero attached hydrogens (tertiary/aromatic N) is 8. The predicted octanol–water partition coefficient (Wildman–Crippen LogP) is 2.15. The Morgan fingerprint density at radius 1 is 1.11 bits per heavy atom. The second kappa shape index (κ2) is 9.63. The van der Waals surface area contributed by atoms with Gasteiger partial charge in [-0.25, -0.2) is 15.0 Å². The molecule has 1 aliphatic heterocycles. The van der Waals surface area contributed by atoms with Crippen molar-refractivity contribution in [3.05, 3.63) is 65.2 Å². The normalized spacial score (nSPS) is 16.0. The van der Waals surface area contributed by atoms with E-state index in [1.165, 1.54) is 12.4 Å². The van der Waals surface area contributed by atoms with Crippen LogP contribution < -0.4 is 15.4 Å². The number of methoxy groups -OCH3 is 1. The maximum atomic E-state index is 12.7. The minimum absolute atomic E-state index is 0.121. The Morgan fingerprint density at radius 3 is 2.66 bits per heavy atom. The number of piperazine rings is 1. The molecule has 0 aliphatic carbocycles. The second-order valence-corrected chi connectivity index (χ2v) is 8.41. The zero-order valence-corrected chi connectivity index (χ0v) is 19.8. The van der Waals surface area contributed by atoms with Crippen LogP contribution in [0.5, 0.6) is 0 Å². The van der Waals surface area contributed by atoms with Crippen molar-refractivity contribution in [2.75, 3.05) is 36.5 Å². The van der Waals surface area contributed by atoms with Crippen molar-refractivity contribution in [2.24, 2.45) is 7.05 Å². The molecule has 1 saturated heterocycles. The molecule has 1 fully saturated rings. The first-order valence-electron chi connectivity index (χ1n) is 11.3. The smallest absolute Gasteiger partial charge is 0.255 e. The van der Waals surface area contributed by atoms with Crippen LogP contribution in [0.15, 0.2) is 58.2 Å². The summed E-state index contributed by atoms with van der Waals surface area (Å²) in [5, 5.41) is 4.02. The molecule has 0 spiro atoms. The van der Waals surface area contributed by atoms with Gasteiger partial charge in [0.2, 0.25) is 11.8 Å². The van der Waals surface area contributed by atoms with Crippen molar-refractivity contribution in [2.45, 2.75) is 19.6 Å². The van der Waals surface area contributed by atoms with Gasteiger partial charge in [-0.1, -0.05) is 5.16 Å². The number of hydrogen-bond acceptors (Lipinski definition) is 10. The Labute approximate surface area is 202 Å². The Balaban J connectivity index is 1.32. The highest BCUT2D eigenvalue weighted by atomic mass is 16.5. The van der Waals surface area contributed by atoms with E-state index in [0.29, 0.717) is 29.1 Å². The van der Waals surface area contributed by atoms with Gasteiger partial charge >= 0.3 is 0 Å². The fourth-order valence-corrected chi connectivity index (χ4v) is 4.22. The first-order valence-corrected chi connectivity index (χ1v) is 11.3. The number of ether oxygens (including phenoxy) is 1. The third-order valence-corrected chi connectivity index (χ3v) is 6.07. The van der Waals surface area contributed by atoms with Crippen molar-refractivity contribution >= 4 is 11.6 Å². The summed E-state index contributed by atoms with van der Waals surface area (Å²) < 4.78 is 11.8. The third kappa shape index (κ3) is 4.62. The summed E-state index contributed by atoms with van der Waals surface area (Å²) in [6.07, 6.45) is 3.10. The van der Waals surface area contributed by atoms with E-state index in [-0.39, 0.29) is 18.2 Å². The SMILES string of the molecule is COCc1nc(-c2ccc(N3CCN(c4nc(-c5ccncn5)cc(=O)n4C)C(C)C3)cc2)no1. The van der Waals surface area contributed by atoms with Crippen molar-refractivity contribution < 1.29 is 9.26 Å². The number of rotatable bonds is 6. The molecule has 3 aromatic heterocycles. The molecule has 5 rings (SSSR count). The Hall–Kier alpha value is -4.12. The molecule has 1 unspecified atom stereocenters. The lowest BCUT2D eigenvalue weighted by atomic mass is 10.1. The molecule has 0 N–H and O–H groups in total. The van der Waals surface area contributed by atoms with E-state index in [0.717, 1.165) is 30.9 Å². The molecule has 1 aliphatic rings. The van der Waals surface area contributed by atoms with E-state index in [1.54, 1.807) is 31.0 Å². The summed E-state index contributed by atoms with van der Waals surface area (Å²) in [5.74, 6) is 1.62. The van der Waals surface area contributed by atoms with Crippen LogP contribution in [-0.4, -0.2) is 62.4 Å². The van der Waals surface area contributed by atoms with E-state index < -0.39 is 0 Å². The predicted molar refractivity (Wildman–Crippen MR) is 130 cm³/mol. The van der Waals surface area contributed by atoms with Crippen LogP contribution in [0.4, 0.5) is 11.6 Å². The van der Waals surface area contributed by atoms with Crippen LogP contribution in [0.1, 0.15) is 12.8 Å². The Kier molecular flexibility index (Phi) is 6.23. The molecule has 4 aromatic rings. The quantitative estimate of drug-likeness (QED) is 0.412. The average molecular weight is 475 g/mol. The largest absolute Gasteiger partial charge is 0.375 e. The lowest BCUT2D eigenvalue weighted by Gasteiger charge is -2.42. The first kappa shape index (κ1) is 22.7. The highest BCUT2D eigenvalue weighted by molar-refractivity contribution is 5.61. The van der Waals surface area contributed by atoms with Gasteiger partial charge in [-0.2, -0.15) is 4.98 Å². The monoisotopic (exact) mass is 474 g/mol. The summed E-state index contributed by atoms with van der Waals surface area (Å²) in [5.41, 5.74) is 3.04. The maximum absolute atomic E-state index is 12.7. The van der Waals surface area contributed by atoms with E-state index in [1.807, 2.05) is 12.1 Å².